The first-order valence-corrected chi connectivity index (χ1v) is 11.0. The normalized spacial score (nSPS) is 19.9. The Balaban J connectivity index is 1.25. The summed E-state index contributed by atoms with van der Waals surface area (Å²) in [6.07, 6.45) is 3.23. The van der Waals surface area contributed by atoms with Crippen molar-refractivity contribution in [2.45, 2.75) is 25.8 Å². The zero-order valence-corrected chi connectivity index (χ0v) is 19.2. The molecule has 0 saturated carbocycles. The van der Waals surface area contributed by atoms with Crippen LogP contribution in [0.25, 0.3) is 11.0 Å². The van der Waals surface area contributed by atoms with Gasteiger partial charge in [-0.15, -0.1) is 0 Å². The summed E-state index contributed by atoms with van der Waals surface area (Å²) in [4.78, 5) is 31.3. The Labute approximate surface area is 194 Å². The number of hydrogen-bond donors (Lipinski definition) is 2. The van der Waals surface area contributed by atoms with Gasteiger partial charge in [0, 0.05) is 32.7 Å². The van der Waals surface area contributed by atoms with Gasteiger partial charge in [0.25, 0.3) is 5.92 Å². The van der Waals surface area contributed by atoms with E-state index in [0.717, 1.165) is 10.9 Å². The number of aromatic nitrogens is 5. The Kier molecular flexibility index (Phi) is 5.14. The number of urea groups is 1. The number of anilines is 4. The molecule has 2 aliphatic heterocycles. The Morgan fingerprint density at radius 1 is 1.24 bits per heavy atom. The standard InChI is InChI=1S/C21H26F2N10O/c1-12-6-16(32-10-21(22,23)11-32)25-8-15(12)27-20(34)31-4-5-33(13(2)9-31)18-14-7-26-30(3)17(14)28-19(24)29-18/h6-8,13H,4-5,9-11H2,1-3H3,(H,27,34)(H2,24,28,29)/t13-/m0/s1. The molecule has 13 heteroatoms. The Morgan fingerprint density at radius 2 is 2.00 bits per heavy atom. The Bertz CT molecular complexity index is 1250. The molecule has 2 amide bonds. The maximum absolute atomic E-state index is 13.1. The second-order valence-electron chi connectivity index (χ2n) is 8.90. The Hall–Kier alpha value is -3.77. The average Bonchev–Trinajstić information content (AvgIpc) is 3.13. The molecule has 2 aliphatic rings. The van der Waals surface area contributed by atoms with Crippen LogP contribution in [0.1, 0.15) is 12.5 Å². The van der Waals surface area contributed by atoms with Crippen molar-refractivity contribution in [3.63, 3.8) is 0 Å². The van der Waals surface area contributed by atoms with E-state index in [9.17, 15) is 13.6 Å². The summed E-state index contributed by atoms with van der Waals surface area (Å²) in [5.41, 5.74) is 7.89. The van der Waals surface area contributed by atoms with Crippen molar-refractivity contribution in [2.75, 3.05) is 53.6 Å². The summed E-state index contributed by atoms with van der Waals surface area (Å²) in [5.74, 6) is -1.31. The van der Waals surface area contributed by atoms with Crippen LogP contribution in [-0.2, 0) is 7.05 Å². The quantitative estimate of drug-likeness (QED) is 0.592. The molecule has 180 valence electrons. The fourth-order valence-electron chi connectivity index (χ4n) is 4.41. The van der Waals surface area contributed by atoms with Crippen LogP contribution in [-0.4, -0.2) is 80.4 Å². The van der Waals surface area contributed by atoms with E-state index in [4.69, 9.17) is 5.73 Å². The van der Waals surface area contributed by atoms with Gasteiger partial charge in [0.1, 0.15) is 11.6 Å². The molecule has 34 heavy (non-hydrogen) atoms. The highest BCUT2D eigenvalue weighted by molar-refractivity contribution is 5.91. The van der Waals surface area contributed by atoms with Gasteiger partial charge in [0.15, 0.2) is 5.65 Å². The number of alkyl halides is 2. The molecule has 3 aromatic rings. The van der Waals surface area contributed by atoms with Crippen molar-refractivity contribution >= 4 is 40.3 Å². The lowest BCUT2D eigenvalue weighted by molar-refractivity contribution is -0.0267. The predicted octanol–water partition coefficient (Wildman–Crippen LogP) is 1.85. The summed E-state index contributed by atoms with van der Waals surface area (Å²) >= 11 is 0. The minimum atomic E-state index is -2.67. The molecule has 1 atom stereocenters. The smallest absolute Gasteiger partial charge is 0.322 e. The summed E-state index contributed by atoms with van der Waals surface area (Å²) < 4.78 is 27.9. The number of carbonyl (C=O) groups is 1. The molecular weight excluding hydrogens is 446 g/mol. The van der Waals surface area contributed by atoms with Crippen molar-refractivity contribution in [1.29, 1.82) is 0 Å². The number of nitrogen functional groups attached to an aromatic ring is 1. The maximum Gasteiger partial charge on any atom is 0.322 e. The molecule has 0 spiro atoms. The van der Waals surface area contributed by atoms with Gasteiger partial charge in [-0.25, -0.2) is 18.6 Å². The number of nitrogens with one attached hydrogen (secondary N) is 1. The van der Waals surface area contributed by atoms with Crippen LogP contribution >= 0.6 is 0 Å². The van der Waals surface area contributed by atoms with Gasteiger partial charge in [-0.3, -0.25) is 4.68 Å². The van der Waals surface area contributed by atoms with Crippen molar-refractivity contribution < 1.29 is 13.6 Å². The molecule has 3 N–H and O–H groups in total. The van der Waals surface area contributed by atoms with E-state index in [2.05, 4.69) is 30.3 Å². The summed E-state index contributed by atoms with van der Waals surface area (Å²) in [6, 6.07) is 1.45. The van der Waals surface area contributed by atoms with E-state index >= 15 is 0 Å². The maximum atomic E-state index is 13.1. The zero-order valence-electron chi connectivity index (χ0n) is 19.2. The number of rotatable bonds is 3. The summed E-state index contributed by atoms with van der Waals surface area (Å²) in [6.45, 7) is 4.68. The van der Waals surface area contributed by atoms with Gasteiger partial charge in [-0.05, 0) is 25.5 Å². The number of halogens is 2. The first-order chi connectivity index (χ1) is 16.1. The number of amides is 2. The minimum absolute atomic E-state index is 0.0214. The molecule has 11 nitrogen and oxygen atoms in total. The van der Waals surface area contributed by atoms with Crippen LogP contribution in [0.5, 0.6) is 0 Å². The third kappa shape index (κ3) is 3.90. The van der Waals surface area contributed by atoms with Crippen LogP contribution in [0.4, 0.5) is 36.8 Å². The van der Waals surface area contributed by atoms with Crippen LogP contribution in [0.2, 0.25) is 0 Å². The van der Waals surface area contributed by atoms with Crippen LogP contribution in [0.15, 0.2) is 18.5 Å². The zero-order chi connectivity index (χ0) is 24.2. The Morgan fingerprint density at radius 3 is 2.68 bits per heavy atom. The summed E-state index contributed by atoms with van der Waals surface area (Å²) in [5, 5.41) is 7.96. The molecule has 2 saturated heterocycles. The van der Waals surface area contributed by atoms with Gasteiger partial charge in [-0.2, -0.15) is 15.1 Å². The highest BCUT2D eigenvalue weighted by Crippen LogP contribution is 2.32. The number of pyridine rings is 1. The van der Waals surface area contributed by atoms with E-state index in [-0.39, 0.29) is 31.1 Å². The molecule has 5 rings (SSSR count). The molecule has 3 aromatic heterocycles. The number of piperazine rings is 1. The van der Waals surface area contributed by atoms with Crippen molar-refractivity contribution in [3.8, 4) is 0 Å². The molecule has 0 unspecified atom stereocenters. The lowest BCUT2D eigenvalue weighted by Gasteiger charge is -2.40. The van der Waals surface area contributed by atoms with E-state index in [1.807, 2.05) is 13.8 Å². The molecule has 0 aromatic carbocycles. The third-order valence-corrected chi connectivity index (χ3v) is 6.28. The van der Waals surface area contributed by atoms with Gasteiger partial charge >= 0.3 is 6.03 Å². The van der Waals surface area contributed by atoms with E-state index in [0.29, 0.717) is 42.6 Å². The summed E-state index contributed by atoms with van der Waals surface area (Å²) in [7, 11) is 1.80. The fraction of sp³-hybridized carbons (Fsp3) is 0.476. The molecule has 2 fully saturated rings. The lowest BCUT2D eigenvalue weighted by Crippen LogP contribution is -2.56. The molecule has 0 aliphatic carbocycles. The lowest BCUT2D eigenvalue weighted by atomic mass is 10.1. The van der Waals surface area contributed by atoms with Gasteiger partial charge in [0.05, 0.1) is 36.6 Å². The van der Waals surface area contributed by atoms with Gasteiger partial charge in [-0.1, -0.05) is 0 Å². The highest BCUT2D eigenvalue weighted by Gasteiger charge is 2.44. The number of fused-ring (bicyclic) bond motifs is 1. The SMILES string of the molecule is Cc1cc(N2CC(F)(F)C2)ncc1NC(=O)N1CCN(c2nc(N)nc3c2cnn3C)[C@@H](C)C1. The van der Waals surface area contributed by atoms with E-state index in [1.54, 1.807) is 28.9 Å². The first-order valence-electron chi connectivity index (χ1n) is 11.0. The minimum Gasteiger partial charge on any atom is -0.368 e. The largest absolute Gasteiger partial charge is 0.368 e. The fourth-order valence-corrected chi connectivity index (χ4v) is 4.41. The topological polar surface area (TPSA) is 121 Å². The molecule has 5 heterocycles. The number of hydrogen-bond acceptors (Lipinski definition) is 8. The van der Waals surface area contributed by atoms with Crippen LogP contribution < -0.4 is 20.9 Å². The van der Waals surface area contributed by atoms with Gasteiger partial charge < -0.3 is 25.8 Å². The second-order valence-corrected chi connectivity index (χ2v) is 8.90. The number of nitrogens with two attached hydrogens (primary N) is 1. The predicted molar refractivity (Wildman–Crippen MR) is 124 cm³/mol. The molecule has 0 bridgehead atoms. The van der Waals surface area contributed by atoms with Crippen LogP contribution in [0, 0.1) is 6.92 Å². The van der Waals surface area contributed by atoms with Crippen molar-refractivity contribution in [2.24, 2.45) is 7.05 Å². The molecule has 0 radical (unpaired) electrons. The number of nitrogens with zero attached hydrogens (tertiary/aromatic N) is 8. The van der Waals surface area contributed by atoms with E-state index in [1.165, 1.54) is 11.1 Å². The molecular formula is C21H26F2N10O. The second kappa shape index (κ2) is 7.92. The number of aryl methyl sites for hydroxylation is 2. The van der Waals surface area contributed by atoms with Crippen molar-refractivity contribution in [3.05, 3.63) is 24.0 Å². The number of carbonyl (C=O) groups excluding carboxylic acids is 1. The monoisotopic (exact) mass is 472 g/mol. The van der Waals surface area contributed by atoms with Crippen LogP contribution in [0.3, 0.4) is 0 Å². The average molecular weight is 473 g/mol. The first kappa shape index (κ1) is 22.0. The highest BCUT2D eigenvalue weighted by atomic mass is 19.3. The van der Waals surface area contributed by atoms with E-state index < -0.39 is 5.92 Å². The van der Waals surface area contributed by atoms with Gasteiger partial charge in [0.2, 0.25) is 5.95 Å². The van der Waals surface area contributed by atoms with Crippen molar-refractivity contribution in [1.82, 2.24) is 29.6 Å². The third-order valence-electron chi connectivity index (χ3n) is 6.28.